The number of aliphatic imine (C=N–C) groups is 1. The number of ketones is 2. The van der Waals surface area contributed by atoms with Crippen LogP contribution in [0.3, 0.4) is 0 Å². The fourth-order valence-electron chi connectivity index (χ4n) is 10.7. The van der Waals surface area contributed by atoms with Gasteiger partial charge in [-0.2, -0.15) is 0 Å². The summed E-state index contributed by atoms with van der Waals surface area (Å²) in [4.78, 5) is 79.7. The molecular weight excluding hydrogens is 1040 g/mol. The summed E-state index contributed by atoms with van der Waals surface area (Å²) in [5.74, 6) is -8.16. The fraction of sp³-hybridized carbons (Fsp3) is 0.623. The molecule has 72 heavy (non-hydrogen) atoms. The molecule has 5 N–H and O–H groups in total. The van der Waals surface area contributed by atoms with Gasteiger partial charge in [0.2, 0.25) is 5.78 Å². The molecule has 7 aliphatic rings. The number of aliphatic hydroxyl groups excluding tert-OH is 2. The molecule has 5 bridgehead atoms. The van der Waals surface area contributed by atoms with Crippen LogP contribution in [0, 0.1) is 30.6 Å². The lowest BCUT2D eigenvalue weighted by Gasteiger charge is -2.38. The maximum absolute atomic E-state index is 14.9. The standard InChI is InChI=1S/C53H72IN5O13/c1-27-13-11-14-28(2)51(67)55-43-42-41(56-53(57-42)19-22-59(23-20-53)25-29(3)54)38-39(47(43)65)46(64)33(7)49-40(38)50(66)52(8,72-49)69-24-18-35(68-10)30(4)48(32(6)45(63)31(5)44(27)62)71-37(61)16-12-15-36(60)70-34-17-21-58(9)26-34/h11,13-14,18,24,27,29-32,34-35,44-45,48,57,62-64H,12,15-17,19-23,25-26H2,1-10H3,(H,55,67)/b13-11+,24-18+,28-14-/t27-,29?,30+,31+,32+,34?,35-,44-,45+,48+,52-/m0/s1. The lowest BCUT2D eigenvalue weighted by atomic mass is 9.78. The highest BCUT2D eigenvalue weighted by Gasteiger charge is 2.54. The van der Waals surface area contributed by atoms with Gasteiger partial charge in [-0.05, 0) is 39.8 Å². The molecule has 1 spiro atoms. The first kappa shape index (κ1) is 55.1. The van der Waals surface area contributed by atoms with Crippen LogP contribution in [-0.2, 0) is 33.3 Å². The van der Waals surface area contributed by atoms with Crippen molar-refractivity contribution in [3.8, 4) is 11.5 Å². The summed E-state index contributed by atoms with van der Waals surface area (Å²) in [5, 5.41) is 41.7. The zero-order chi connectivity index (χ0) is 52.6. The third kappa shape index (κ3) is 11.4. The Kier molecular flexibility index (Phi) is 17.2. The van der Waals surface area contributed by atoms with E-state index >= 15 is 0 Å². The minimum absolute atomic E-state index is 0.00634. The van der Waals surface area contributed by atoms with E-state index in [0.29, 0.717) is 36.4 Å². The van der Waals surface area contributed by atoms with Crippen molar-refractivity contribution in [1.82, 2.24) is 20.4 Å². The summed E-state index contributed by atoms with van der Waals surface area (Å²) in [6.45, 7) is 17.4. The van der Waals surface area contributed by atoms with Gasteiger partial charge in [-0.25, -0.2) is 0 Å². The number of fused-ring (bicyclic) bond motifs is 13. The molecule has 2 fully saturated rings. The van der Waals surface area contributed by atoms with Crippen LogP contribution in [0.2, 0.25) is 0 Å². The second kappa shape index (κ2) is 22.4. The van der Waals surface area contributed by atoms with E-state index in [1.165, 1.54) is 33.3 Å². The molecule has 6 heterocycles. The molecular formula is C53H72IN5O13. The van der Waals surface area contributed by atoms with Crippen molar-refractivity contribution in [3.05, 3.63) is 69.8 Å². The predicted molar refractivity (Wildman–Crippen MR) is 276 cm³/mol. The maximum Gasteiger partial charge on any atom is 0.312 e. The minimum Gasteiger partial charge on any atom is -0.507 e. The number of allylic oxidation sites excluding steroid dienone is 4. The van der Waals surface area contributed by atoms with Gasteiger partial charge in [0.1, 0.15) is 35.1 Å². The van der Waals surface area contributed by atoms with E-state index in [0.717, 1.165) is 19.5 Å². The number of likely N-dealkylation sites (tertiary alicyclic amines) is 2. The quantitative estimate of drug-likeness (QED) is 0.122. The number of Topliss-reactive ketones (excluding diaryl/α,β-unsaturated/α-hetero) is 2. The van der Waals surface area contributed by atoms with Crippen LogP contribution >= 0.6 is 22.6 Å². The Morgan fingerprint density at radius 1 is 0.944 bits per heavy atom. The summed E-state index contributed by atoms with van der Waals surface area (Å²) < 4.78 is 30.6. The van der Waals surface area contributed by atoms with Crippen LogP contribution in [0.5, 0.6) is 11.5 Å². The Morgan fingerprint density at radius 3 is 2.26 bits per heavy atom. The molecule has 0 aromatic heterocycles. The Balaban J connectivity index is 1.24. The summed E-state index contributed by atoms with van der Waals surface area (Å²) in [6.07, 6.45) is 5.26. The summed E-state index contributed by atoms with van der Waals surface area (Å²) >= 11 is 2.40. The molecule has 2 saturated heterocycles. The van der Waals surface area contributed by atoms with Gasteiger partial charge >= 0.3 is 17.7 Å². The number of phenols is 1. The number of nitrogens with zero attached hydrogens (tertiary/aromatic N) is 3. The molecule has 6 aliphatic heterocycles. The smallest absolute Gasteiger partial charge is 0.312 e. The normalized spacial score (nSPS) is 33.2. The number of hydrogen-bond acceptors (Lipinski definition) is 17. The third-order valence-electron chi connectivity index (χ3n) is 15.2. The van der Waals surface area contributed by atoms with Crippen LogP contribution in [0.1, 0.15) is 119 Å². The number of ether oxygens (including phenoxy) is 5. The Bertz CT molecular complexity index is 2460. The number of phenolic OH excluding ortho intramolecular Hbond substituents is 1. The molecule has 18 nitrogen and oxygen atoms in total. The molecule has 0 radical (unpaired) electrons. The van der Waals surface area contributed by atoms with E-state index in [4.69, 9.17) is 28.7 Å². The van der Waals surface area contributed by atoms with Crippen molar-refractivity contribution < 1.29 is 63.0 Å². The first-order valence-electron chi connectivity index (χ1n) is 25.1. The molecule has 1 aliphatic carbocycles. The number of carbonyl (C=O) groups is 5. The lowest BCUT2D eigenvalue weighted by molar-refractivity contribution is -0.163. The van der Waals surface area contributed by atoms with Gasteiger partial charge in [0.15, 0.2) is 0 Å². The zero-order valence-electron chi connectivity index (χ0n) is 43.1. The number of hydrogen-bond donors (Lipinski definition) is 5. The molecule has 19 heteroatoms. The highest BCUT2D eigenvalue weighted by Crippen LogP contribution is 2.50. The van der Waals surface area contributed by atoms with Crippen molar-refractivity contribution in [2.75, 3.05) is 46.9 Å². The number of amides is 1. The zero-order valence-corrected chi connectivity index (χ0v) is 45.2. The van der Waals surface area contributed by atoms with Crippen molar-refractivity contribution in [2.45, 2.75) is 140 Å². The summed E-state index contributed by atoms with van der Waals surface area (Å²) in [5.41, 5.74) is -0.373. The minimum atomic E-state index is -2.02. The topological polar surface area (TPSA) is 235 Å². The highest BCUT2D eigenvalue weighted by molar-refractivity contribution is 14.1. The number of esters is 2. The highest BCUT2D eigenvalue weighted by atomic mass is 127. The monoisotopic (exact) mass is 1110 g/mol. The number of alkyl halides is 1. The maximum atomic E-state index is 14.9. The molecule has 11 atom stereocenters. The number of carbonyl (C=O) groups excluding carboxylic acids is 5. The average molecular weight is 1110 g/mol. The number of piperidine rings is 1. The third-order valence-corrected chi connectivity index (χ3v) is 15.6. The Morgan fingerprint density at radius 2 is 1.62 bits per heavy atom. The first-order valence-corrected chi connectivity index (χ1v) is 26.4. The van der Waals surface area contributed by atoms with Crippen LogP contribution in [0.25, 0.3) is 0 Å². The van der Waals surface area contributed by atoms with Crippen LogP contribution in [-0.4, -0.2) is 153 Å². The van der Waals surface area contributed by atoms with Gasteiger partial charge in [0.25, 0.3) is 11.7 Å². The van der Waals surface area contributed by atoms with E-state index in [9.17, 15) is 39.3 Å². The molecule has 1 aromatic carbocycles. The SMILES string of the molecule is CO[C@H]1/C=C/O[C@@]2(C)Oc3c(C)c(O)c4c(c3C2=O)C2=NC3(CCN(CC(C)I)CC3)NC2=C(NC(=O)/C(C)=C\C=C\[C@H](C)[C@H](O)[C@@H](C)[C@@H](O)[C@@H](C)[C@H](OC(=O)CCCC(=O)OC2CCN(C)C2)[C@@H]1C)C4=O. The van der Waals surface area contributed by atoms with Gasteiger partial charge < -0.3 is 59.4 Å². The number of aromatic hydroxyl groups is 1. The van der Waals surface area contributed by atoms with E-state index in [1.54, 1.807) is 52.8 Å². The van der Waals surface area contributed by atoms with Crippen molar-refractivity contribution >= 4 is 57.7 Å². The van der Waals surface area contributed by atoms with Gasteiger partial charge in [0.05, 0.1) is 47.1 Å². The fourth-order valence-corrected chi connectivity index (χ4v) is 11.3. The van der Waals surface area contributed by atoms with Crippen LogP contribution in [0.4, 0.5) is 0 Å². The number of likely N-dealkylation sites (N-methyl/N-ethyl adjacent to an activating group) is 1. The molecule has 2 unspecified atom stereocenters. The molecule has 394 valence electrons. The molecule has 1 amide bonds. The number of aliphatic hydroxyl groups is 2. The van der Waals surface area contributed by atoms with E-state index in [1.807, 2.05) is 7.05 Å². The Labute approximate surface area is 435 Å². The predicted octanol–water partition coefficient (Wildman–Crippen LogP) is 5.18. The summed E-state index contributed by atoms with van der Waals surface area (Å²) in [7, 11) is 3.41. The number of nitrogens with one attached hydrogen (secondary N) is 2. The van der Waals surface area contributed by atoms with E-state index in [-0.39, 0.29) is 76.0 Å². The van der Waals surface area contributed by atoms with Crippen LogP contribution < -0.4 is 15.4 Å². The van der Waals surface area contributed by atoms with Crippen LogP contribution in [0.15, 0.2) is 52.5 Å². The first-order chi connectivity index (χ1) is 34.0. The van der Waals surface area contributed by atoms with E-state index in [2.05, 4.69) is 49.9 Å². The number of rotatable bonds is 9. The van der Waals surface area contributed by atoms with Crippen molar-refractivity contribution in [1.29, 1.82) is 0 Å². The molecule has 0 saturated carbocycles. The average Bonchev–Trinajstić information content (AvgIpc) is 4.00. The second-order valence-electron chi connectivity index (χ2n) is 20.8. The van der Waals surface area contributed by atoms with Gasteiger partial charge in [0, 0.05) is 117 Å². The van der Waals surface area contributed by atoms with Gasteiger partial charge in [-0.1, -0.05) is 75.4 Å². The lowest BCUT2D eigenvalue weighted by Crippen LogP contribution is -2.51. The number of halogens is 1. The van der Waals surface area contributed by atoms with Crippen molar-refractivity contribution in [3.63, 3.8) is 0 Å². The summed E-state index contributed by atoms with van der Waals surface area (Å²) in [6, 6.07) is 0. The second-order valence-corrected chi connectivity index (χ2v) is 22.9. The molecule has 8 rings (SSSR count). The van der Waals surface area contributed by atoms with Gasteiger partial charge in [-0.15, -0.1) is 0 Å². The Hall–Kier alpha value is -4.67. The van der Waals surface area contributed by atoms with Gasteiger partial charge in [-0.3, -0.25) is 29.0 Å². The molecule has 1 aromatic rings. The number of benzene rings is 1. The number of methoxy groups -OCH3 is 1. The van der Waals surface area contributed by atoms with E-state index < -0.39 is 94.7 Å². The van der Waals surface area contributed by atoms with Crippen molar-refractivity contribution in [2.24, 2.45) is 28.7 Å². The largest absolute Gasteiger partial charge is 0.507 e.